The van der Waals surface area contributed by atoms with Crippen molar-refractivity contribution < 1.29 is 4.79 Å². The predicted molar refractivity (Wildman–Crippen MR) is 74.8 cm³/mol. The molecule has 19 heavy (non-hydrogen) atoms. The van der Waals surface area contributed by atoms with Crippen LogP contribution in [0.2, 0.25) is 5.15 Å². The first kappa shape index (κ1) is 14.3. The second-order valence-corrected chi connectivity index (χ2v) is 5.73. The van der Waals surface area contributed by atoms with Crippen molar-refractivity contribution in [2.75, 3.05) is 13.1 Å². The van der Waals surface area contributed by atoms with Gasteiger partial charge in [0.1, 0.15) is 5.15 Å². The summed E-state index contributed by atoms with van der Waals surface area (Å²) in [5.41, 5.74) is 7.34. The van der Waals surface area contributed by atoms with Crippen molar-refractivity contribution in [3.63, 3.8) is 0 Å². The zero-order valence-electron chi connectivity index (χ0n) is 11.5. The molecule has 1 fully saturated rings. The van der Waals surface area contributed by atoms with Gasteiger partial charge in [-0.3, -0.25) is 14.4 Å². The quantitative estimate of drug-likeness (QED) is 0.911. The van der Waals surface area contributed by atoms with Gasteiger partial charge >= 0.3 is 0 Å². The van der Waals surface area contributed by atoms with Crippen LogP contribution in [0.1, 0.15) is 30.5 Å². The summed E-state index contributed by atoms with van der Waals surface area (Å²) in [6.45, 7) is 4.80. The smallest absolute Gasteiger partial charge is 0.217 e. The van der Waals surface area contributed by atoms with Crippen molar-refractivity contribution in [1.29, 1.82) is 0 Å². The van der Waals surface area contributed by atoms with Crippen LogP contribution in [0.5, 0.6) is 0 Å². The molecule has 0 radical (unpaired) electrons. The van der Waals surface area contributed by atoms with Gasteiger partial charge in [-0.25, -0.2) is 0 Å². The number of aromatic nitrogens is 2. The second-order valence-electron chi connectivity index (χ2n) is 5.37. The predicted octanol–water partition coefficient (Wildman–Crippen LogP) is 1.47. The van der Waals surface area contributed by atoms with Crippen LogP contribution in [0.3, 0.4) is 0 Å². The number of likely N-dealkylation sites (tertiary alicyclic amines) is 1. The van der Waals surface area contributed by atoms with E-state index in [1.165, 1.54) is 0 Å². The largest absolute Gasteiger partial charge is 0.370 e. The first-order chi connectivity index (χ1) is 8.97. The minimum absolute atomic E-state index is 0.190. The first-order valence-corrected chi connectivity index (χ1v) is 7.03. The molecular weight excluding hydrogens is 264 g/mol. The number of hydrogen-bond acceptors (Lipinski definition) is 3. The van der Waals surface area contributed by atoms with Gasteiger partial charge in [-0.15, -0.1) is 0 Å². The number of carbonyl (C=O) groups excluding carboxylic acids is 1. The third kappa shape index (κ3) is 3.48. The van der Waals surface area contributed by atoms with Crippen LogP contribution < -0.4 is 5.73 Å². The summed E-state index contributed by atoms with van der Waals surface area (Å²) in [5.74, 6) is 0.254. The number of halogens is 1. The van der Waals surface area contributed by atoms with Gasteiger partial charge in [0.2, 0.25) is 5.91 Å². The number of hydrogen-bond donors (Lipinski definition) is 1. The molecule has 1 amide bonds. The molecular formula is C13H21ClN4O. The molecule has 1 saturated heterocycles. The standard InChI is InChI=1S/C13H21ClN4O/c1-9-11(13(14)17(2)16-9)8-18-5-3-10(4-6-18)7-12(15)19/h10H,3-8H2,1-2H3,(H2,15,19). The third-order valence-electron chi connectivity index (χ3n) is 3.85. The van der Waals surface area contributed by atoms with E-state index in [-0.39, 0.29) is 5.91 Å². The lowest BCUT2D eigenvalue weighted by atomic mass is 9.93. The van der Waals surface area contributed by atoms with Crippen LogP contribution in [-0.2, 0) is 18.4 Å². The van der Waals surface area contributed by atoms with E-state index in [0.29, 0.717) is 12.3 Å². The molecule has 1 aliphatic heterocycles. The molecule has 106 valence electrons. The molecule has 0 atom stereocenters. The van der Waals surface area contributed by atoms with E-state index in [9.17, 15) is 4.79 Å². The maximum atomic E-state index is 10.9. The molecule has 1 aliphatic rings. The second kappa shape index (κ2) is 5.92. The van der Waals surface area contributed by atoms with E-state index in [4.69, 9.17) is 17.3 Å². The van der Waals surface area contributed by atoms with Crippen molar-refractivity contribution >= 4 is 17.5 Å². The van der Waals surface area contributed by atoms with E-state index < -0.39 is 0 Å². The minimum atomic E-state index is -0.190. The molecule has 0 bridgehead atoms. The van der Waals surface area contributed by atoms with Crippen molar-refractivity contribution in [1.82, 2.24) is 14.7 Å². The Morgan fingerprint density at radius 1 is 1.47 bits per heavy atom. The van der Waals surface area contributed by atoms with Crippen LogP contribution >= 0.6 is 11.6 Å². The monoisotopic (exact) mass is 284 g/mol. The summed E-state index contributed by atoms with van der Waals surface area (Å²) in [4.78, 5) is 13.3. The maximum absolute atomic E-state index is 10.9. The van der Waals surface area contributed by atoms with Crippen LogP contribution in [0, 0.1) is 12.8 Å². The molecule has 0 unspecified atom stereocenters. The molecule has 2 heterocycles. The number of nitrogens with two attached hydrogens (primary N) is 1. The highest BCUT2D eigenvalue weighted by Crippen LogP contribution is 2.25. The molecule has 0 saturated carbocycles. The number of primary amides is 1. The van der Waals surface area contributed by atoms with Crippen molar-refractivity contribution in [2.24, 2.45) is 18.7 Å². The number of amides is 1. The normalized spacial score (nSPS) is 17.8. The van der Waals surface area contributed by atoms with Gasteiger partial charge in [0, 0.05) is 25.6 Å². The van der Waals surface area contributed by atoms with Gasteiger partial charge in [0.15, 0.2) is 0 Å². The van der Waals surface area contributed by atoms with Crippen LogP contribution in [0.25, 0.3) is 0 Å². The Balaban J connectivity index is 1.90. The SMILES string of the molecule is Cc1nn(C)c(Cl)c1CN1CCC(CC(N)=O)CC1. The van der Waals surface area contributed by atoms with Crippen molar-refractivity contribution in [3.05, 3.63) is 16.4 Å². The zero-order chi connectivity index (χ0) is 14.0. The maximum Gasteiger partial charge on any atom is 0.217 e. The van der Waals surface area contributed by atoms with Gasteiger partial charge < -0.3 is 5.73 Å². The van der Waals surface area contributed by atoms with Gasteiger partial charge in [0.05, 0.1) is 5.69 Å². The number of rotatable bonds is 4. The minimum Gasteiger partial charge on any atom is -0.370 e. The Morgan fingerprint density at radius 2 is 2.11 bits per heavy atom. The number of carbonyl (C=O) groups is 1. The van der Waals surface area contributed by atoms with Crippen LogP contribution in [-0.4, -0.2) is 33.7 Å². The van der Waals surface area contributed by atoms with E-state index in [1.54, 1.807) is 4.68 Å². The Hall–Kier alpha value is -1.07. The fraction of sp³-hybridized carbons (Fsp3) is 0.692. The van der Waals surface area contributed by atoms with Gasteiger partial charge in [-0.2, -0.15) is 5.10 Å². The molecule has 2 rings (SSSR count). The summed E-state index contributed by atoms with van der Waals surface area (Å²) < 4.78 is 1.71. The van der Waals surface area contributed by atoms with Gasteiger partial charge in [0.25, 0.3) is 0 Å². The van der Waals surface area contributed by atoms with Crippen molar-refractivity contribution in [3.8, 4) is 0 Å². The highest BCUT2D eigenvalue weighted by Gasteiger charge is 2.22. The van der Waals surface area contributed by atoms with Crippen LogP contribution in [0.15, 0.2) is 0 Å². The first-order valence-electron chi connectivity index (χ1n) is 6.66. The molecule has 0 aromatic carbocycles. The highest BCUT2D eigenvalue weighted by molar-refractivity contribution is 6.30. The Kier molecular flexibility index (Phi) is 4.47. The van der Waals surface area contributed by atoms with E-state index in [2.05, 4.69) is 10.00 Å². The summed E-state index contributed by atoms with van der Waals surface area (Å²) in [5, 5.41) is 5.05. The summed E-state index contributed by atoms with van der Waals surface area (Å²) in [7, 11) is 1.86. The van der Waals surface area contributed by atoms with E-state index in [0.717, 1.165) is 48.9 Å². The number of piperidine rings is 1. The zero-order valence-corrected chi connectivity index (χ0v) is 12.3. The average molecular weight is 285 g/mol. The molecule has 1 aromatic heterocycles. The lowest BCUT2D eigenvalue weighted by molar-refractivity contribution is -0.119. The fourth-order valence-electron chi connectivity index (χ4n) is 2.71. The molecule has 5 nitrogen and oxygen atoms in total. The van der Waals surface area contributed by atoms with E-state index >= 15 is 0 Å². The van der Waals surface area contributed by atoms with E-state index in [1.807, 2.05) is 14.0 Å². The topological polar surface area (TPSA) is 64.2 Å². The third-order valence-corrected chi connectivity index (χ3v) is 4.32. The van der Waals surface area contributed by atoms with Crippen LogP contribution in [0.4, 0.5) is 0 Å². The lowest BCUT2D eigenvalue weighted by Crippen LogP contribution is -2.34. The Labute approximate surface area is 118 Å². The Bertz CT molecular complexity index is 463. The highest BCUT2D eigenvalue weighted by atomic mass is 35.5. The average Bonchev–Trinajstić information content (AvgIpc) is 2.58. The molecule has 6 heteroatoms. The summed E-state index contributed by atoms with van der Waals surface area (Å²) in [6, 6.07) is 0. The van der Waals surface area contributed by atoms with Crippen molar-refractivity contribution in [2.45, 2.75) is 32.7 Å². The molecule has 0 aliphatic carbocycles. The fourth-order valence-corrected chi connectivity index (χ4v) is 2.94. The Morgan fingerprint density at radius 3 is 2.58 bits per heavy atom. The van der Waals surface area contributed by atoms with Gasteiger partial charge in [-0.1, -0.05) is 11.6 Å². The molecule has 2 N–H and O–H groups in total. The lowest BCUT2D eigenvalue weighted by Gasteiger charge is -2.31. The molecule has 1 aromatic rings. The number of nitrogens with zero attached hydrogens (tertiary/aromatic N) is 3. The summed E-state index contributed by atoms with van der Waals surface area (Å²) in [6.07, 6.45) is 2.57. The number of aryl methyl sites for hydroxylation is 2. The summed E-state index contributed by atoms with van der Waals surface area (Å²) >= 11 is 6.24. The van der Waals surface area contributed by atoms with Gasteiger partial charge in [-0.05, 0) is 38.8 Å². The molecule has 0 spiro atoms.